The predicted molar refractivity (Wildman–Crippen MR) is 60.1 cm³/mol. The summed E-state index contributed by atoms with van der Waals surface area (Å²) in [6.45, 7) is 4.60. The molecule has 1 aliphatic rings. The van der Waals surface area contributed by atoms with Crippen molar-refractivity contribution >= 4 is 31.9 Å². The Morgan fingerprint density at radius 3 is 2.69 bits per heavy atom. The Morgan fingerprint density at radius 2 is 2.23 bits per heavy atom. The maximum Gasteiger partial charge on any atom is 0.163 e. The van der Waals surface area contributed by atoms with Crippen molar-refractivity contribution in [3.63, 3.8) is 0 Å². The topological polar surface area (TPSA) is 18.5 Å². The molecule has 0 N–H and O–H groups in total. The molecule has 0 aliphatic carbocycles. The van der Waals surface area contributed by atoms with Gasteiger partial charge in [0.05, 0.1) is 16.1 Å². The summed E-state index contributed by atoms with van der Waals surface area (Å²) >= 11 is 6.62. The Labute approximate surface area is 95.9 Å². The standard InChI is InChI=1S/C9H14Br2O2/c1-9(2)12-6-7(13-9)4-3-5-8(10)11/h5,7H,3-4,6H2,1-2H3. The van der Waals surface area contributed by atoms with Crippen LogP contribution in [-0.2, 0) is 9.47 Å². The van der Waals surface area contributed by atoms with Crippen molar-refractivity contribution in [3.8, 4) is 0 Å². The maximum absolute atomic E-state index is 5.65. The summed E-state index contributed by atoms with van der Waals surface area (Å²) in [5.41, 5.74) is 0. The van der Waals surface area contributed by atoms with Gasteiger partial charge in [0.25, 0.3) is 0 Å². The molecule has 76 valence electrons. The molecule has 0 spiro atoms. The number of ether oxygens (including phenoxy) is 2. The van der Waals surface area contributed by atoms with E-state index in [1.807, 2.05) is 13.8 Å². The minimum Gasteiger partial charge on any atom is -0.348 e. The molecular formula is C9H14Br2O2. The molecule has 0 saturated carbocycles. The van der Waals surface area contributed by atoms with E-state index in [0.29, 0.717) is 6.61 Å². The first-order valence-corrected chi connectivity index (χ1v) is 5.91. The van der Waals surface area contributed by atoms with E-state index in [-0.39, 0.29) is 11.9 Å². The Bertz CT molecular complexity index is 198. The molecule has 1 heterocycles. The van der Waals surface area contributed by atoms with Crippen molar-refractivity contribution in [2.75, 3.05) is 6.61 Å². The first-order chi connectivity index (χ1) is 5.99. The van der Waals surface area contributed by atoms with Gasteiger partial charge in [-0.05, 0) is 58.5 Å². The van der Waals surface area contributed by atoms with Gasteiger partial charge in [-0.1, -0.05) is 6.08 Å². The monoisotopic (exact) mass is 312 g/mol. The van der Waals surface area contributed by atoms with Crippen LogP contribution in [0.1, 0.15) is 26.7 Å². The molecule has 1 fully saturated rings. The lowest BCUT2D eigenvalue weighted by Gasteiger charge is -2.16. The van der Waals surface area contributed by atoms with Gasteiger partial charge in [0.1, 0.15) is 0 Å². The van der Waals surface area contributed by atoms with Gasteiger partial charge in [-0.25, -0.2) is 0 Å². The molecule has 1 atom stereocenters. The molecule has 1 aliphatic heterocycles. The van der Waals surface area contributed by atoms with Crippen LogP contribution >= 0.6 is 31.9 Å². The molecule has 0 bridgehead atoms. The second-order valence-electron chi connectivity index (χ2n) is 3.52. The summed E-state index contributed by atoms with van der Waals surface area (Å²) in [4.78, 5) is 0. The summed E-state index contributed by atoms with van der Waals surface area (Å²) in [6, 6.07) is 0. The third-order valence-corrected chi connectivity index (χ3v) is 2.50. The second kappa shape index (κ2) is 4.91. The highest BCUT2D eigenvalue weighted by Gasteiger charge is 2.31. The first kappa shape index (κ1) is 11.7. The van der Waals surface area contributed by atoms with Crippen LogP contribution in [0.15, 0.2) is 9.47 Å². The maximum atomic E-state index is 5.65. The van der Waals surface area contributed by atoms with E-state index >= 15 is 0 Å². The van der Waals surface area contributed by atoms with E-state index in [1.54, 1.807) is 0 Å². The largest absolute Gasteiger partial charge is 0.348 e. The molecular weight excluding hydrogens is 300 g/mol. The van der Waals surface area contributed by atoms with Crippen LogP contribution in [0, 0.1) is 0 Å². The van der Waals surface area contributed by atoms with Crippen LogP contribution in [0.5, 0.6) is 0 Å². The summed E-state index contributed by atoms with van der Waals surface area (Å²) in [6.07, 6.45) is 4.32. The summed E-state index contributed by atoms with van der Waals surface area (Å²) in [5, 5.41) is 0. The van der Waals surface area contributed by atoms with E-state index in [1.165, 1.54) is 0 Å². The lowest BCUT2D eigenvalue weighted by Crippen LogP contribution is -2.21. The van der Waals surface area contributed by atoms with Gasteiger partial charge in [-0.15, -0.1) is 0 Å². The molecule has 0 aromatic rings. The highest BCUT2D eigenvalue weighted by Crippen LogP contribution is 2.25. The summed E-state index contributed by atoms with van der Waals surface area (Å²) < 4.78 is 12.1. The first-order valence-electron chi connectivity index (χ1n) is 4.32. The van der Waals surface area contributed by atoms with Crippen LogP contribution < -0.4 is 0 Å². The fourth-order valence-electron chi connectivity index (χ4n) is 1.28. The third-order valence-electron chi connectivity index (χ3n) is 1.85. The zero-order valence-electron chi connectivity index (χ0n) is 7.85. The van der Waals surface area contributed by atoms with Crippen molar-refractivity contribution in [2.45, 2.75) is 38.6 Å². The van der Waals surface area contributed by atoms with Gasteiger partial charge >= 0.3 is 0 Å². The van der Waals surface area contributed by atoms with Crippen molar-refractivity contribution in [3.05, 3.63) is 9.47 Å². The molecule has 0 aromatic heterocycles. The SMILES string of the molecule is CC1(C)OCC(CCC=C(Br)Br)O1. The minimum atomic E-state index is -0.389. The third kappa shape index (κ3) is 4.58. The number of hydrogen-bond donors (Lipinski definition) is 0. The Balaban J connectivity index is 2.22. The Morgan fingerprint density at radius 1 is 1.54 bits per heavy atom. The summed E-state index contributed by atoms with van der Waals surface area (Å²) in [5.74, 6) is -0.389. The van der Waals surface area contributed by atoms with Crippen LogP contribution in [0.2, 0.25) is 0 Å². The van der Waals surface area contributed by atoms with Gasteiger partial charge in [0.15, 0.2) is 5.79 Å². The molecule has 1 rings (SSSR count). The van der Waals surface area contributed by atoms with E-state index < -0.39 is 0 Å². The number of allylic oxidation sites excluding steroid dienone is 1. The Kier molecular flexibility index (Phi) is 4.42. The summed E-state index contributed by atoms with van der Waals surface area (Å²) in [7, 11) is 0. The van der Waals surface area contributed by atoms with Gasteiger partial charge < -0.3 is 9.47 Å². The Hall–Kier alpha value is 0.620. The molecule has 2 nitrogen and oxygen atoms in total. The molecule has 0 amide bonds. The molecule has 13 heavy (non-hydrogen) atoms. The highest BCUT2D eigenvalue weighted by molar-refractivity contribution is 9.28. The van der Waals surface area contributed by atoms with Gasteiger partial charge in [-0.2, -0.15) is 0 Å². The second-order valence-corrected chi connectivity index (χ2v) is 6.29. The predicted octanol–water partition coefficient (Wildman–Crippen LogP) is 3.55. The molecule has 0 aromatic carbocycles. The quantitative estimate of drug-likeness (QED) is 0.793. The lowest BCUT2D eigenvalue weighted by atomic mass is 10.2. The fourth-order valence-corrected chi connectivity index (χ4v) is 1.74. The van der Waals surface area contributed by atoms with Crippen LogP contribution in [0.4, 0.5) is 0 Å². The van der Waals surface area contributed by atoms with E-state index in [2.05, 4.69) is 37.9 Å². The number of halogens is 2. The number of hydrogen-bond acceptors (Lipinski definition) is 2. The number of rotatable bonds is 3. The molecule has 4 heteroatoms. The van der Waals surface area contributed by atoms with E-state index in [9.17, 15) is 0 Å². The van der Waals surface area contributed by atoms with Crippen molar-refractivity contribution < 1.29 is 9.47 Å². The van der Waals surface area contributed by atoms with Gasteiger partial charge in [0, 0.05) is 0 Å². The van der Waals surface area contributed by atoms with Crippen molar-refractivity contribution in [2.24, 2.45) is 0 Å². The van der Waals surface area contributed by atoms with Crippen molar-refractivity contribution in [1.29, 1.82) is 0 Å². The zero-order chi connectivity index (χ0) is 9.90. The van der Waals surface area contributed by atoms with Crippen LogP contribution in [0.3, 0.4) is 0 Å². The average molecular weight is 314 g/mol. The van der Waals surface area contributed by atoms with Gasteiger partial charge in [0.2, 0.25) is 0 Å². The average Bonchev–Trinajstić information content (AvgIpc) is 2.29. The highest BCUT2D eigenvalue weighted by atomic mass is 79.9. The van der Waals surface area contributed by atoms with Crippen LogP contribution in [0.25, 0.3) is 0 Å². The van der Waals surface area contributed by atoms with E-state index in [0.717, 1.165) is 16.2 Å². The fraction of sp³-hybridized carbons (Fsp3) is 0.778. The van der Waals surface area contributed by atoms with Gasteiger partial charge in [-0.3, -0.25) is 0 Å². The molecule has 1 unspecified atom stereocenters. The van der Waals surface area contributed by atoms with E-state index in [4.69, 9.17) is 9.47 Å². The molecule has 1 saturated heterocycles. The zero-order valence-corrected chi connectivity index (χ0v) is 11.0. The normalized spacial score (nSPS) is 26.0. The molecule has 0 radical (unpaired) electrons. The lowest BCUT2D eigenvalue weighted by molar-refractivity contribution is -0.138. The van der Waals surface area contributed by atoms with Crippen LogP contribution in [-0.4, -0.2) is 18.5 Å². The van der Waals surface area contributed by atoms with Crippen molar-refractivity contribution in [1.82, 2.24) is 0 Å². The minimum absolute atomic E-state index is 0.241. The smallest absolute Gasteiger partial charge is 0.163 e.